The van der Waals surface area contributed by atoms with E-state index in [1.54, 1.807) is 14.2 Å². The van der Waals surface area contributed by atoms with E-state index in [0.717, 1.165) is 31.6 Å². The lowest BCUT2D eigenvalue weighted by molar-refractivity contribution is -0.00112. The molecule has 1 aromatic rings. The van der Waals surface area contributed by atoms with Crippen molar-refractivity contribution in [2.24, 2.45) is 5.73 Å². The minimum atomic E-state index is 0.355. The first-order valence-electron chi connectivity index (χ1n) is 7.80. The molecule has 1 aliphatic heterocycles. The van der Waals surface area contributed by atoms with Crippen LogP contribution >= 0.6 is 0 Å². The van der Waals surface area contributed by atoms with E-state index in [2.05, 4.69) is 24.0 Å². The summed E-state index contributed by atoms with van der Waals surface area (Å²) in [5.41, 5.74) is 7.24. The highest BCUT2D eigenvalue weighted by molar-refractivity contribution is 5.33. The van der Waals surface area contributed by atoms with E-state index in [1.165, 1.54) is 5.56 Å². The van der Waals surface area contributed by atoms with Gasteiger partial charge in [-0.05, 0) is 37.8 Å². The Morgan fingerprint density at radius 2 is 2.10 bits per heavy atom. The predicted octanol–water partition coefficient (Wildman–Crippen LogP) is 2.06. The number of nitrogens with zero attached hydrogens (tertiary/aromatic N) is 1. The number of hydrogen-bond acceptors (Lipinski definition) is 4. The van der Waals surface area contributed by atoms with Gasteiger partial charge in [0.1, 0.15) is 5.75 Å². The molecule has 21 heavy (non-hydrogen) atoms. The fourth-order valence-corrected chi connectivity index (χ4v) is 3.37. The van der Waals surface area contributed by atoms with E-state index < -0.39 is 0 Å². The molecule has 2 N–H and O–H groups in total. The van der Waals surface area contributed by atoms with Crippen LogP contribution in [0.3, 0.4) is 0 Å². The van der Waals surface area contributed by atoms with E-state index >= 15 is 0 Å². The Morgan fingerprint density at radius 3 is 2.76 bits per heavy atom. The number of rotatable bonds is 6. The van der Waals surface area contributed by atoms with Crippen LogP contribution in [0.2, 0.25) is 0 Å². The van der Waals surface area contributed by atoms with Gasteiger partial charge in [0.15, 0.2) is 0 Å². The standard InChI is InChI=1S/C17H28N2O2/c1-13(10-14-6-4-5-7-17(14)21-3)19-9-8-16(20-2)11-15(19)12-18/h4-7,13,15-16H,8-12,18H2,1-3H3. The largest absolute Gasteiger partial charge is 0.496 e. The molecule has 1 aromatic carbocycles. The first kappa shape index (κ1) is 16.3. The molecule has 4 heteroatoms. The third-order valence-corrected chi connectivity index (χ3v) is 4.59. The van der Waals surface area contributed by atoms with Crippen molar-refractivity contribution in [1.82, 2.24) is 4.90 Å². The minimum Gasteiger partial charge on any atom is -0.496 e. The fourth-order valence-electron chi connectivity index (χ4n) is 3.37. The number of hydrogen-bond donors (Lipinski definition) is 1. The van der Waals surface area contributed by atoms with Crippen molar-refractivity contribution in [3.8, 4) is 5.75 Å². The zero-order valence-electron chi connectivity index (χ0n) is 13.4. The van der Waals surface area contributed by atoms with Gasteiger partial charge in [0, 0.05) is 32.3 Å². The van der Waals surface area contributed by atoms with Crippen molar-refractivity contribution in [2.75, 3.05) is 27.3 Å². The van der Waals surface area contributed by atoms with Gasteiger partial charge >= 0.3 is 0 Å². The first-order chi connectivity index (χ1) is 10.2. The van der Waals surface area contributed by atoms with Crippen molar-refractivity contribution in [2.45, 2.75) is 44.4 Å². The van der Waals surface area contributed by atoms with Crippen LogP contribution in [0.25, 0.3) is 0 Å². The third-order valence-electron chi connectivity index (χ3n) is 4.59. The lowest BCUT2D eigenvalue weighted by Gasteiger charge is -2.42. The summed E-state index contributed by atoms with van der Waals surface area (Å²) in [5, 5.41) is 0. The van der Waals surface area contributed by atoms with E-state index in [4.69, 9.17) is 15.2 Å². The second-order valence-corrected chi connectivity index (χ2v) is 5.87. The summed E-state index contributed by atoms with van der Waals surface area (Å²) in [7, 11) is 3.53. The normalized spacial score (nSPS) is 24.8. The van der Waals surface area contributed by atoms with Gasteiger partial charge in [-0.3, -0.25) is 4.90 Å². The smallest absolute Gasteiger partial charge is 0.122 e. The molecule has 3 unspecified atom stereocenters. The van der Waals surface area contributed by atoms with Crippen LogP contribution < -0.4 is 10.5 Å². The summed E-state index contributed by atoms with van der Waals surface area (Å²) in [6, 6.07) is 9.12. The molecule has 0 aromatic heterocycles. The minimum absolute atomic E-state index is 0.355. The molecule has 0 amide bonds. The monoisotopic (exact) mass is 292 g/mol. The topological polar surface area (TPSA) is 47.7 Å². The second-order valence-electron chi connectivity index (χ2n) is 5.87. The maximum atomic E-state index is 5.98. The van der Waals surface area contributed by atoms with E-state index in [1.807, 2.05) is 12.1 Å². The molecule has 0 spiro atoms. The van der Waals surface area contributed by atoms with Crippen LogP contribution in [0.5, 0.6) is 5.75 Å². The highest BCUT2D eigenvalue weighted by Crippen LogP contribution is 2.25. The lowest BCUT2D eigenvalue weighted by Crippen LogP contribution is -2.52. The number of para-hydroxylation sites is 1. The van der Waals surface area contributed by atoms with E-state index in [9.17, 15) is 0 Å². The molecule has 0 aliphatic carbocycles. The highest BCUT2D eigenvalue weighted by atomic mass is 16.5. The number of methoxy groups -OCH3 is 2. The summed E-state index contributed by atoms with van der Waals surface area (Å²) in [6.45, 7) is 4.02. The Kier molecular flexibility index (Phi) is 6.03. The van der Waals surface area contributed by atoms with E-state index in [-0.39, 0.29) is 0 Å². The Hall–Kier alpha value is -1.10. The van der Waals surface area contributed by atoms with Crippen LogP contribution in [0.15, 0.2) is 24.3 Å². The maximum absolute atomic E-state index is 5.98. The van der Waals surface area contributed by atoms with Gasteiger partial charge < -0.3 is 15.2 Å². The zero-order chi connectivity index (χ0) is 15.2. The van der Waals surface area contributed by atoms with E-state index in [0.29, 0.717) is 24.7 Å². The summed E-state index contributed by atoms with van der Waals surface area (Å²) in [6.07, 6.45) is 3.46. The molecule has 4 nitrogen and oxygen atoms in total. The molecule has 1 saturated heterocycles. The average Bonchev–Trinajstić information content (AvgIpc) is 2.54. The predicted molar refractivity (Wildman–Crippen MR) is 85.7 cm³/mol. The number of likely N-dealkylation sites (tertiary alicyclic amines) is 1. The number of ether oxygens (including phenoxy) is 2. The summed E-state index contributed by atoms with van der Waals surface area (Å²) < 4.78 is 11.0. The summed E-state index contributed by atoms with van der Waals surface area (Å²) in [5.74, 6) is 0.973. The van der Waals surface area contributed by atoms with Crippen LogP contribution in [-0.4, -0.2) is 50.4 Å². The van der Waals surface area contributed by atoms with Crippen molar-refractivity contribution >= 4 is 0 Å². The molecule has 0 saturated carbocycles. The molecule has 1 aliphatic rings. The Labute approximate surface area is 128 Å². The average molecular weight is 292 g/mol. The number of nitrogens with two attached hydrogens (primary N) is 1. The molecule has 0 bridgehead atoms. The quantitative estimate of drug-likeness (QED) is 0.872. The molecule has 0 radical (unpaired) electrons. The Morgan fingerprint density at radius 1 is 1.33 bits per heavy atom. The summed E-state index contributed by atoms with van der Waals surface area (Å²) >= 11 is 0. The van der Waals surface area contributed by atoms with Gasteiger partial charge in [-0.15, -0.1) is 0 Å². The molecule has 3 atom stereocenters. The van der Waals surface area contributed by atoms with Gasteiger partial charge in [0.05, 0.1) is 13.2 Å². The Bertz CT molecular complexity index is 439. The molecular formula is C17H28N2O2. The van der Waals surface area contributed by atoms with Crippen LogP contribution in [0.4, 0.5) is 0 Å². The van der Waals surface area contributed by atoms with Crippen molar-refractivity contribution in [3.63, 3.8) is 0 Å². The molecule has 118 valence electrons. The van der Waals surface area contributed by atoms with Crippen LogP contribution in [-0.2, 0) is 11.2 Å². The van der Waals surface area contributed by atoms with Gasteiger partial charge in [-0.1, -0.05) is 18.2 Å². The lowest BCUT2D eigenvalue weighted by atomic mass is 9.95. The van der Waals surface area contributed by atoms with Gasteiger partial charge in [-0.2, -0.15) is 0 Å². The second kappa shape index (κ2) is 7.78. The van der Waals surface area contributed by atoms with Crippen LogP contribution in [0.1, 0.15) is 25.3 Å². The molecular weight excluding hydrogens is 264 g/mol. The van der Waals surface area contributed by atoms with Gasteiger partial charge in [0.25, 0.3) is 0 Å². The SMILES string of the molecule is COc1ccccc1CC(C)N1CCC(OC)CC1CN. The van der Waals surface area contributed by atoms with Crippen molar-refractivity contribution in [3.05, 3.63) is 29.8 Å². The molecule has 1 heterocycles. The van der Waals surface area contributed by atoms with Gasteiger partial charge in [0.2, 0.25) is 0 Å². The molecule has 1 fully saturated rings. The van der Waals surface area contributed by atoms with Crippen molar-refractivity contribution in [1.29, 1.82) is 0 Å². The first-order valence-corrected chi connectivity index (χ1v) is 7.80. The van der Waals surface area contributed by atoms with Crippen molar-refractivity contribution < 1.29 is 9.47 Å². The fraction of sp³-hybridized carbons (Fsp3) is 0.647. The molecule has 2 rings (SSSR count). The number of piperidine rings is 1. The Balaban J connectivity index is 2.03. The highest BCUT2D eigenvalue weighted by Gasteiger charge is 2.30. The number of benzene rings is 1. The van der Waals surface area contributed by atoms with Gasteiger partial charge in [-0.25, -0.2) is 0 Å². The zero-order valence-corrected chi connectivity index (χ0v) is 13.4. The third kappa shape index (κ3) is 3.96. The van der Waals surface area contributed by atoms with Crippen LogP contribution in [0, 0.1) is 0 Å². The maximum Gasteiger partial charge on any atom is 0.122 e. The summed E-state index contributed by atoms with van der Waals surface area (Å²) in [4.78, 5) is 2.53.